The zero-order valence-corrected chi connectivity index (χ0v) is 15.2. The van der Waals surface area contributed by atoms with Crippen LogP contribution in [0.25, 0.3) is 10.9 Å². The molecule has 2 aromatic heterocycles. The molecule has 8 nitrogen and oxygen atoms in total. The number of methoxy groups -OCH3 is 2. The van der Waals surface area contributed by atoms with Crippen molar-refractivity contribution in [2.24, 2.45) is 0 Å². The van der Waals surface area contributed by atoms with Crippen LogP contribution in [0.15, 0.2) is 36.9 Å². The Balaban J connectivity index is 2.08. The van der Waals surface area contributed by atoms with E-state index in [0.29, 0.717) is 5.39 Å². The van der Waals surface area contributed by atoms with E-state index < -0.39 is 5.97 Å². The lowest BCUT2D eigenvalue weighted by Gasteiger charge is -2.12. The monoisotopic (exact) mass is 369 g/mol. The highest BCUT2D eigenvalue weighted by atomic mass is 16.5. The van der Waals surface area contributed by atoms with Crippen molar-refractivity contribution in [1.82, 2.24) is 15.0 Å². The summed E-state index contributed by atoms with van der Waals surface area (Å²) >= 11 is 0. The van der Waals surface area contributed by atoms with Gasteiger partial charge in [-0.3, -0.25) is 0 Å². The van der Waals surface area contributed by atoms with Crippen molar-refractivity contribution >= 4 is 16.9 Å². The van der Waals surface area contributed by atoms with Gasteiger partial charge >= 0.3 is 12.0 Å². The van der Waals surface area contributed by atoms with Crippen molar-refractivity contribution in [3.8, 4) is 23.5 Å². The second kappa shape index (κ2) is 7.77. The molecule has 0 atom stereocenters. The van der Waals surface area contributed by atoms with Crippen LogP contribution >= 0.6 is 0 Å². The molecule has 1 aromatic carbocycles. The van der Waals surface area contributed by atoms with E-state index >= 15 is 0 Å². The van der Waals surface area contributed by atoms with Gasteiger partial charge in [-0.2, -0.15) is 9.97 Å². The molecule has 0 saturated heterocycles. The number of esters is 1. The van der Waals surface area contributed by atoms with Gasteiger partial charge in [0.2, 0.25) is 11.8 Å². The first-order chi connectivity index (χ1) is 13.0. The number of aromatic amines is 1. The summed E-state index contributed by atoms with van der Waals surface area (Å²) in [5.74, 6) is 0.257. The highest BCUT2D eigenvalue weighted by molar-refractivity contribution is 6.06. The van der Waals surface area contributed by atoms with Crippen LogP contribution in [0.2, 0.25) is 0 Å². The van der Waals surface area contributed by atoms with Gasteiger partial charge in [0, 0.05) is 16.6 Å². The molecule has 140 valence electrons. The Morgan fingerprint density at radius 2 is 1.89 bits per heavy atom. The number of nitrogens with zero attached hydrogens (tertiary/aromatic N) is 2. The Kier molecular flexibility index (Phi) is 5.25. The molecule has 2 heterocycles. The molecule has 8 heteroatoms. The maximum absolute atomic E-state index is 12.6. The zero-order chi connectivity index (χ0) is 19.4. The van der Waals surface area contributed by atoms with Crippen molar-refractivity contribution in [2.75, 3.05) is 20.8 Å². The fourth-order valence-electron chi connectivity index (χ4n) is 2.56. The van der Waals surface area contributed by atoms with Gasteiger partial charge in [0.1, 0.15) is 17.9 Å². The Morgan fingerprint density at radius 1 is 1.19 bits per heavy atom. The van der Waals surface area contributed by atoms with Gasteiger partial charge in [0.25, 0.3) is 0 Å². The molecule has 0 radical (unpaired) electrons. The number of carbonyl (C=O) groups is 1. The molecule has 3 rings (SSSR count). The fourth-order valence-corrected chi connectivity index (χ4v) is 2.56. The lowest BCUT2D eigenvalue weighted by atomic mass is 10.1. The van der Waals surface area contributed by atoms with Crippen LogP contribution < -0.4 is 14.2 Å². The largest absolute Gasteiger partial charge is 0.481 e. The van der Waals surface area contributed by atoms with E-state index in [0.717, 1.165) is 11.2 Å². The third-order valence-electron chi connectivity index (χ3n) is 3.71. The number of nitrogens with one attached hydrogen (secondary N) is 1. The Labute approximate surface area is 155 Å². The van der Waals surface area contributed by atoms with Crippen LogP contribution in [0.5, 0.6) is 23.5 Å². The van der Waals surface area contributed by atoms with E-state index in [9.17, 15) is 4.79 Å². The number of rotatable bonds is 7. The molecule has 0 fully saturated rings. The topological polar surface area (TPSA) is 95.6 Å². The number of ether oxygens (including phenoxy) is 4. The van der Waals surface area contributed by atoms with Crippen LogP contribution in [0.4, 0.5) is 0 Å². The first-order valence-electron chi connectivity index (χ1n) is 8.11. The highest BCUT2D eigenvalue weighted by Crippen LogP contribution is 2.32. The van der Waals surface area contributed by atoms with Gasteiger partial charge in [-0.05, 0) is 25.1 Å². The minimum Gasteiger partial charge on any atom is -0.481 e. The summed E-state index contributed by atoms with van der Waals surface area (Å²) in [6, 6.07) is 6.80. The van der Waals surface area contributed by atoms with Gasteiger partial charge in [-0.25, -0.2) is 4.79 Å². The molecular weight excluding hydrogens is 350 g/mol. The number of aromatic nitrogens is 3. The molecule has 0 aliphatic rings. The molecule has 3 aromatic rings. The predicted molar refractivity (Wildman–Crippen MR) is 98.7 cm³/mol. The first-order valence-corrected chi connectivity index (χ1v) is 8.11. The summed E-state index contributed by atoms with van der Waals surface area (Å²) in [6.45, 7) is 5.54. The van der Waals surface area contributed by atoms with Gasteiger partial charge in [-0.1, -0.05) is 12.7 Å². The summed E-state index contributed by atoms with van der Waals surface area (Å²) in [5, 5.41) is 0.675. The Bertz CT molecular complexity index is 974. The maximum atomic E-state index is 12.6. The fraction of sp³-hybridized carbons (Fsp3) is 0.211. The van der Waals surface area contributed by atoms with Gasteiger partial charge in [0.15, 0.2) is 0 Å². The molecule has 0 amide bonds. The minimum atomic E-state index is -0.538. The predicted octanol–water partition coefficient (Wildman–Crippen LogP) is 3.42. The number of benzene rings is 1. The number of carbonyl (C=O) groups excluding carboxylic acids is 1. The highest BCUT2D eigenvalue weighted by Gasteiger charge is 2.21. The first kappa shape index (κ1) is 18.2. The Morgan fingerprint density at radius 3 is 2.52 bits per heavy atom. The maximum Gasteiger partial charge on any atom is 0.342 e. The van der Waals surface area contributed by atoms with E-state index in [1.165, 1.54) is 26.4 Å². The lowest BCUT2D eigenvalue weighted by Crippen LogP contribution is -2.08. The van der Waals surface area contributed by atoms with Crippen molar-refractivity contribution < 1.29 is 23.7 Å². The molecule has 0 aliphatic carbocycles. The molecule has 0 saturated carbocycles. The number of hydrogen-bond donors (Lipinski definition) is 1. The second-order valence-electron chi connectivity index (χ2n) is 5.58. The van der Waals surface area contributed by atoms with Gasteiger partial charge in [-0.15, -0.1) is 0 Å². The van der Waals surface area contributed by atoms with E-state index in [1.54, 1.807) is 12.1 Å². The van der Waals surface area contributed by atoms with E-state index in [-0.39, 0.29) is 35.7 Å². The van der Waals surface area contributed by atoms with Crippen LogP contribution in [0.1, 0.15) is 16.1 Å². The molecular formula is C19H19N3O5. The lowest BCUT2D eigenvalue weighted by molar-refractivity contribution is 0.0549. The third kappa shape index (κ3) is 3.84. The quantitative estimate of drug-likeness (QED) is 0.503. The van der Waals surface area contributed by atoms with Crippen molar-refractivity contribution in [3.05, 3.63) is 48.2 Å². The standard InChI is InChI=1S/C19H19N3O5/c1-5-8-26-18(23)17-12-9-11(2)20-13(12)6-7-14(17)27-19-21-15(24-3)10-16(22-19)25-4/h5-7,9-10,20H,1,8H2,2-4H3. The van der Waals surface area contributed by atoms with E-state index in [1.807, 2.05) is 13.0 Å². The van der Waals surface area contributed by atoms with Crippen molar-refractivity contribution in [3.63, 3.8) is 0 Å². The SMILES string of the molecule is C=CCOC(=O)c1c(Oc2nc(OC)cc(OC)n2)ccc2[nH]c(C)cc12. The Hall–Kier alpha value is -3.55. The summed E-state index contributed by atoms with van der Waals surface area (Å²) in [5.41, 5.74) is 1.96. The smallest absolute Gasteiger partial charge is 0.342 e. The number of aryl methyl sites for hydroxylation is 1. The summed E-state index contributed by atoms with van der Waals surface area (Å²) in [4.78, 5) is 24.1. The van der Waals surface area contributed by atoms with Gasteiger partial charge < -0.3 is 23.9 Å². The molecule has 1 N–H and O–H groups in total. The number of H-pyrrole nitrogens is 1. The summed E-state index contributed by atoms with van der Waals surface area (Å²) in [6.07, 6.45) is 1.50. The third-order valence-corrected chi connectivity index (χ3v) is 3.71. The molecule has 0 unspecified atom stereocenters. The minimum absolute atomic E-state index is 0.0180. The average Bonchev–Trinajstić information content (AvgIpc) is 3.05. The normalized spacial score (nSPS) is 10.5. The van der Waals surface area contributed by atoms with Crippen LogP contribution in [-0.2, 0) is 4.74 Å². The average molecular weight is 369 g/mol. The number of hydrogen-bond acceptors (Lipinski definition) is 7. The van der Waals surface area contributed by atoms with E-state index in [4.69, 9.17) is 18.9 Å². The molecule has 27 heavy (non-hydrogen) atoms. The van der Waals surface area contributed by atoms with Crippen molar-refractivity contribution in [2.45, 2.75) is 6.92 Å². The number of fused-ring (bicyclic) bond motifs is 1. The van der Waals surface area contributed by atoms with Crippen LogP contribution in [0.3, 0.4) is 0 Å². The van der Waals surface area contributed by atoms with Crippen LogP contribution in [0, 0.1) is 6.92 Å². The summed E-state index contributed by atoms with van der Waals surface area (Å²) in [7, 11) is 2.94. The zero-order valence-electron chi connectivity index (χ0n) is 15.2. The molecule has 0 spiro atoms. The summed E-state index contributed by atoms with van der Waals surface area (Å²) < 4.78 is 21.3. The second-order valence-corrected chi connectivity index (χ2v) is 5.58. The van der Waals surface area contributed by atoms with E-state index in [2.05, 4.69) is 21.5 Å². The molecule has 0 aliphatic heterocycles. The van der Waals surface area contributed by atoms with Crippen LogP contribution in [-0.4, -0.2) is 41.7 Å². The van der Waals surface area contributed by atoms with Crippen molar-refractivity contribution in [1.29, 1.82) is 0 Å². The molecule has 0 bridgehead atoms. The van der Waals surface area contributed by atoms with Gasteiger partial charge in [0.05, 0.1) is 20.3 Å².